The maximum atomic E-state index is 12.5. The number of Topliss-reactive ketones (excluding diaryl/α,β-unsaturated/α-hetero) is 2. The van der Waals surface area contributed by atoms with Crippen molar-refractivity contribution >= 4 is 39.4 Å². The molecule has 0 atom stereocenters. The van der Waals surface area contributed by atoms with Gasteiger partial charge in [-0.3, -0.25) is 9.59 Å². The highest BCUT2D eigenvalue weighted by atomic mass is 32.1. The first kappa shape index (κ1) is 15.0. The van der Waals surface area contributed by atoms with Gasteiger partial charge >= 0.3 is 0 Å². The fourth-order valence-electron chi connectivity index (χ4n) is 3.08. The zero-order chi connectivity index (χ0) is 17.7. The number of rotatable bonds is 2. The third kappa shape index (κ3) is 2.25. The molecular weight excluding hydrogens is 346 g/mol. The normalized spacial score (nSPS) is 13.5. The van der Waals surface area contributed by atoms with Crippen molar-refractivity contribution in [3.05, 3.63) is 82.4 Å². The molecule has 0 saturated carbocycles. The van der Waals surface area contributed by atoms with E-state index in [4.69, 9.17) is 4.42 Å². The molecule has 2 heterocycles. The molecule has 0 aliphatic heterocycles. The van der Waals surface area contributed by atoms with Crippen molar-refractivity contribution in [2.24, 2.45) is 0 Å². The van der Waals surface area contributed by atoms with Crippen LogP contribution in [0, 0.1) is 0 Å². The van der Waals surface area contributed by atoms with E-state index < -0.39 is 0 Å². The van der Waals surface area contributed by atoms with Crippen LogP contribution in [0.4, 0.5) is 0 Å². The molecule has 0 spiro atoms. The lowest BCUT2D eigenvalue weighted by atomic mass is 10.1. The quantitative estimate of drug-likeness (QED) is 0.373. The summed E-state index contributed by atoms with van der Waals surface area (Å²) in [5, 5.41) is 0.586. The second-order valence-electron chi connectivity index (χ2n) is 5.96. The maximum absolute atomic E-state index is 12.5. The van der Waals surface area contributed by atoms with Gasteiger partial charge in [0, 0.05) is 22.8 Å². The number of hydrogen-bond donors (Lipinski definition) is 0. The molecule has 0 unspecified atom stereocenters. The molecule has 2 aromatic heterocycles. The molecular formula is C21H11NO3S. The van der Waals surface area contributed by atoms with Crippen LogP contribution < -0.4 is 0 Å². The second kappa shape index (κ2) is 5.61. The van der Waals surface area contributed by atoms with Crippen molar-refractivity contribution in [3.63, 3.8) is 0 Å². The maximum Gasteiger partial charge on any atom is 0.238 e. The van der Waals surface area contributed by atoms with Crippen molar-refractivity contribution in [1.29, 1.82) is 0 Å². The smallest absolute Gasteiger partial charge is 0.238 e. The zero-order valence-electron chi connectivity index (χ0n) is 13.4. The minimum atomic E-state index is -0.248. The Morgan fingerprint density at radius 2 is 1.54 bits per heavy atom. The van der Waals surface area contributed by atoms with Crippen LogP contribution in [0.15, 0.2) is 70.7 Å². The number of ketones is 2. The summed E-state index contributed by atoms with van der Waals surface area (Å²) in [6.07, 6.45) is 1.56. The number of carbonyl (C=O) groups excluding carboxylic acids is 2. The van der Waals surface area contributed by atoms with E-state index >= 15 is 0 Å². The van der Waals surface area contributed by atoms with Crippen LogP contribution in [0.3, 0.4) is 0 Å². The first-order chi connectivity index (χ1) is 12.7. The molecule has 2 aromatic carbocycles. The van der Waals surface area contributed by atoms with Crippen LogP contribution in [0.2, 0.25) is 0 Å². The number of nitrogens with zero attached hydrogens (tertiary/aromatic N) is 1. The lowest BCUT2D eigenvalue weighted by Gasteiger charge is -1.94. The number of aromatic nitrogens is 1. The molecule has 0 N–H and O–H groups in total. The minimum Gasteiger partial charge on any atom is -0.437 e. The molecule has 5 rings (SSSR count). The van der Waals surface area contributed by atoms with Gasteiger partial charge in [-0.25, -0.2) is 4.98 Å². The summed E-state index contributed by atoms with van der Waals surface area (Å²) >= 11 is 1.40. The molecule has 1 aliphatic rings. The first-order valence-electron chi connectivity index (χ1n) is 8.06. The SMILES string of the molecule is O=C1C(=Cc2nc3oc(-c4ccccc4)cc3s2)C(=O)c2ccccc21. The van der Waals surface area contributed by atoms with Crippen molar-refractivity contribution in [2.75, 3.05) is 0 Å². The van der Waals surface area contributed by atoms with Gasteiger partial charge in [-0.05, 0) is 6.08 Å². The monoisotopic (exact) mass is 357 g/mol. The summed E-state index contributed by atoms with van der Waals surface area (Å²) in [4.78, 5) is 29.4. The molecule has 4 aromatic rings. The van der Waals surface area contributed by atoms with Crippen molar-refractivity contribution in [1.82, 2.24) is 4.98 Å². The highest BCUT2D eigenvalue weighted by molar-refractivity contribution is 7.19. The zero-order valence-corrected chi connectivity index (χ0v) is 14.2. The van der Waals surface area contributed by atoms with Gasteiger partial charge in [0.25, 0.3) is 0 Å². The number of furan rings is 1. The highest BCUT2D eigenvalue weighted by Gasteiger charge is 2.32. The van der Waals surface area contributed by atoms with Crippen LogP contribution in [0.5, 0.6) is 0 Å². The number of benzene rings is 2. The van der Waals surface area contributed by atoms with Gasteiger partial charge in [-0.15, -0.1) is 11.3 Å². The van der Waals surface area contributed by atoms with Gasteiger partial charge in [0.05, 0.1) is 10.3 Å². The van der Waals surface area contributed by atoms with Gasteiger partial charge < -0.3 is 4.42 Å². The molecule has 0 bridgehead atoms. The van der Waals surface area contributed by atoms with E-state index in [1.54, 1.807) is 30.3 Å². The fourth-order valence-corrected chi connectivity index (χ4v) is 3.96. The summed E-state index contributed by atoms with van der Waals surface area (Å²) in [5.74, 6) is 0.253. The van der Waals surface area contributed by atoms with Crippen LogP contribution in [0.1, 0.15) is 25.7 Å². The molecule has 26 heavy (non-hydrogen) atoms. The Morgan fingerprint density at radius 3 is 2.19 bits per heavy atom. The summed E-state index contributed by atoms with van der Waals surface area (Å²) in [6, 6.07) is 18.6. The van der Waals surface area contributed by atoms with Gasteiger partial charge in [0.15, 0.2) is 11.6 Å². The standard InChI is InChI=1S/C21H11NO3S/c23-19-13-8-4-5-9-14(13)20(24)15(19)10-18-22-21-17(26-18)11-16(25-21)12-6-2-1-3-7-12/h1-11H. The number of hydrogen-bond acceptors (Lipinski definition) is 5. The Labute approximate surface area is 152 Å². The van der Waals surface area contributed by atoms with Gasteiger partial charge in [-0.2, -0.15) is 0 Å². The van der Waals surface area contributed by atoms with E-state index in [0.29, 0.717) is 21.8 Å². The Morgan fingerprint density at radius 1 is 0.885 bits per heavy atom. The van der Waals surface area contributed by atoms with E-state index in [2.05, 4.69) is 4.98 Å². The highest BCUT2D eigenvalue weighted by Crippen LogP contribution is 2.33. The van der Waals surface area contributed by atoms with Crippen LogP contribution in [0.25, 0.3) is 27.8 Å². The number of thiazole rings is 1. The third-order valence-corrected chi connectivity index (χ3v) is 5.27. The van der Waals surface area contributed by atoms with E-state index in [0.717, 1.165) is 16.0 Å². The summed E-state index contributed by atoms with van der Waals surface area (Å²) in [7, 11) is 0. The topological polar surface area (TPSA) is 60.2 Å². The molecule has 0 fully saturated rings. The van der Waals surface area contributed by atoms with E-state index in [1.807, 2.05) is 36.4 Å². The van der Waals surface area contributed by atoms with Crippen molar-refractivity contribution in [3.8, 4) is 11.3 Å². The largest absolute Gasteiger partial charge is 0.437 e. The first-order valence-corrected chi connectivity index (χ1v) is 8.88. The van der Waals surface area contributed by atoms with E-state index in [1.165, 1.54) is 11.3 Å². The predicted molar refractivity (Wildman–Crippen MR) is 100 cm³/mol. The Hall–Kier alpha value is -3.31. The van der Waals surface area contributed by atoms with Crippen LogP contribution in [-0.2, 0) is 0 Å². The minimum absolute atomic E-state index is 0.158. The summed E-state index contributed by atoms with van der Waals surface area (Å²) in [5.41, 5.74) is 2.56. The van der Waals surface area contributed by atoms with Crippen LogP contribution >= 0.6 is 11.3 Å². The van der Waals surface area contributed by atoms with Gasteiger partial charge in [0.1, 0.15) is 10.8 Å². The lowest BCUT2D eigenvalue weighted by molar-refractivity contribution is 0.0990. The molecule has 0 saturated heterocycles. The number of carbonyl (C=O) groups is 2. The predicted octanol–water partition coefficient (Wildman–Crippen LogP) is 5.02. The van der Waals surface area contributed by atoms with Crippen molar-refractivity contribution in [2.45, 2.75) is 0 Å². The fraction of sp³-hybridized carbons (Fsp3) is 0. The summed E-state index contributed by atoms with van der Waals surface area (Å²) < 4.78 is 6.70. The van der Waals surface area contributed by atoms with E-state index in [-0.39, 0.29) is 17.1 Å². The average Bonchev–Trinajstić information content (AvgIpc) is 3.30. The van der Waals surface area contributed by atoms with Gasteiger partial charge in [-0.1, -0.05) is 54.6 Å². The van der Waals surface area contributed by atoms with Gasteiger partial charge in [0.2, 0.25) is 5.71 Å². The Bertz CT molecular complexity index is 1150. The molecule has 5 heteroatoms. The van der Waals surface area contributed by atoms with Crippen LogP contribution in [-0.4, -0.2) is 16.6 Å². The van der Waals surface area contributed by atoms with E-state index in [9.17, 15) is 9.59 Å². The Kier molecular flexibility index (Phi) is 3.23. The Balaban J connectivity index is 1.53. The number of fused-ring (bicyclic) bond motifs is 2. The molecule has 0 radical (unpaired) electrons. The molecule has 0 amide bonds. The third-order valence-electron chi connectivity index (χ3n) is 4.34. The molecule has 4 nitrogen and oxygen atoms in total. The summed E-state index contributed by atoms with van der Waals surface area (Å²) in [6.45, 7) is 0. The lowest BCUT2D eigenvalue weighted by Crippen LogP contribution is -1.99. The second-order valence-corrected chi connectivity index (χ2v) is 7.02. The number of allylic oxidation sites excluding steroid dienone is 1. The van der Waals surface area contributed by atoms with Crippen molar-refractivity contribution < 1.29 is 14.0 Å². The molecule has 124 valence electrons. The average molecular weight is 357 g/mol. The molecule has 1 aliphatic carbocycles.